The minimum atomic E-state index is -1.23. The number of urea groups is 4. The van der Waals surface area contributed by atoms with Crippen LogP contribution < -0.4 is 10.6 Å². The van der Waals surface area contributed by atoms with Gasteiger partial charge in [0.05, 0.1) is 52.5 Å². The van der Waals surface area contributed by atoms with Crippen LogP contribution in [0.25, 0.3) is 0 Å². The lowest BCUT2D eigenvalue weighted by Gasteiger charge is -2.37. The van der Waals surface area contributed by atoms with E-state index in [9.17, 15) is 57.5 Å². The fraction of sp³-hybridized carbons (Fsp3) is 0.564. The van der Waals surface area contributed by atoms with E-state index in [2.05, 4.69) is 50.1 Å². The number of hydrogen-bond acceptors (Lipinski definition) is 20. The molecule has 3 fully saturated rings. The van der Waals surface area contributed by atoms with Gasteiger partial charge in [-0.2, -0.15) is 0 Å². The van der Waals surface area contributed by atoms with Crippen LogP contribution in [0.3, 0.4) is 0 Å². The van der Waals surface area contributed by atoms with Crippen LogP contribution in [0.1, 0.15) is 80.1 Å². The summed E-state index contributed by atoms with van der Waals surface area (Å²) < 4.78 is 42.2. The van der Waals surface area contributed by atoms with Gasteiger partial charge in [0, 0.05) is 38.9 Å². The summed E-state index contributed by atoms with van der Waals surface area (Å²) >= 11 is 0. The number of esters is 6. The molecule has 0 saturated heterocycles. The highest BCUT2D eigenvalue weighted by Gasteiger charge is 2.62. The summed E-state index contributed by atoms with van der Waals surface area (Å²) in [5, 5.41) is 4.83. The first-order chi connectivity index (χ1) is 38.1. The highest BCUT2D eigenvalue weighted by atomic mass is 16.6. The van der Waals surface area contributed by atoms with Gasteiger partial charge in [0.25, 0.3) is 0 Å². The van der Waals surface area contributed by atoms with Crippen LogP contribution in [-0.2, 0) is 66.7 Å². The molecule has 10 amide bonds. The Morgan fingerprint density at radius 3 is 1.15 bits per heavy atom. The Morgan fingerprint density at radius 1 is 0.432 bits per heavy atom. The average Bonchev–Trinajstić information content (AvgIpc) is 4.30. The van der Waals surface area contributed by atoms with E-state index in [4.69, 9.17) is 37.9 Å². The summed E-state index contributed by atoms with van der Waals surface area (Å²) in [4.78, 5) is 158. The number of ether oxygens (including phenoxy) is 8. The van der Waals surface area contributed by atoms with E-state index in [0.29, 0.717) is 51.7 Å². The predicted octanol–water partition coefficient (Wildman–Crippen LogP) is 5.68. The maximum atomic E-state index is 14.3. The van der Waals surface area contributed by atoms with Gasteiger partial charge in [0.15, 0.2) is 0 Å². The van der Waals surface area contributed by atoms with Gasteiger partial charge < -0.3 is 48.5 Å². The van der Waals surface area contributed by atoms with E-state index in [1.807, 2.05) is 0 Å². The molecule has 3 rings (SSSR count). The molecule has 26 heteroatoms. The molecular weight excluding hydrogens is 1060 g/mol. The Balaban J connectivity index is 1.79. The second-order valence-corrected chi connectivity index (χ2v) is 20.0. The average molecular weight is 1140 g/mol. The lowest BCUT2D eigenvalue weighted by molar-refractivity contribution is -0.140. The Kier molecular flexibility index (Phi) is 26.5. The Morgan fingerprint density at radius 2 is 0.778 bits per heavy atom. The molecule has 0 aliphatic heterocycles. The number of carbonyl (C=O) groups is 12. The number of nitrogens with zero attached hydrogens (tertiary/aromatic N) is 4. The van der Waals surface area contributed by atoms with Crippen LogP contribution in [0.15, 0.2) is 72.9 Å². The van der Waals surface area contributed by atoms with E-state index in [0.717, 1.165) is 6.42 Å². The number of nitrogens with one attached hydrogen (secondary N) is 2. The van der Waals surface area contributed by atoms with Gasteiger partial charge in [0.2, 0.25) is 0 Å². The Bertz CT molecular complexity index is 2510. The zero-order valence-corrected chi connectivity index (χ0v) is 47.1. The second-order valence-electron chi connectivity index (χ2n) is 20.0. The number of hydrogen-bond donors (Lipinski definition) is 2. The quantitative estimate of drug-likeness (QED) is 0.0394. The summed E-state index contributed by atoms with van der Waals surface area (Å²) in [6.45, 7) is 23.7. The zero-order valence-electron chi connectivity index (χ0n) is 47.1. The maximum absolute atomic E-state index is 14.3. The fourth-order valence-corrected chi connectivity index (χ4v) is 9.47. The largest absolute Gasteiger partial charge is 0.460 e. The van der Waals surface area contributed by atoms with Crippen LogP contribution in [0.5, 0.6) is 0 Å². The molecule has 0 aromatic heterocycles. The van der Waals surface area contributed by atoms with Gasteiger partial charge in [-0.15, -0.1) is 0 Å². The lowest BCUT2D eigenvalue weighted by atomic mass is 9.70. The lowest BCUT2D eigenvalue weighted by Crippen LogP contribution is -2.54. The molecule has 0 spiro atoms. The molecule has 26 nitrogen and oxygen atoms in total. The van der Waals surface area contributed by atoms with E-state index in [1.54, 1.807) is 0 Å². The molecule has 0 aromatic carbocycles. The van der Waals surface area contributed by atoms with Crippen LogP contribution >= 0.6 is 0 Å². The molecule has 0 aromatic rings. The van der Waals surface area contributed by atoms with Crippen molar-refractivity contribution in [2.75, 3.05) is 92.1 Å². The van der Waals surface area contributed by atoms with E-state index < -0.39 is 130 Å². The molecule has 5 atom stereocenters. The molecule has 5 unspecified atom stereocenters. The summed E-state index contributed by atoms with van der Waals surface area (Å²) in [6.07, 6.45) is 1.51. The van der Waals surface area contributed by atoms with E-state index >= 15 is 0 Å². The number of carbonyl (C=O) groups excluding carboxylic acids is 12. The summed E-state index contributed by atoms with van der Waals surface area (Å²) in [7, 11) is 0. The molecule has 2 N–H and O–H groups in total. The van der Waals surface area contributed by atoms with Crippen LogP contribution in [0.2, 0.25) is 0 Å². The second kappa shape index (κ2) is 32.1. The van der Waals surface area contributed by atoms with Gasteiger partial charge in [-0.05, 0) is 104 Å². The van der Waals surface area contributed by atoms with Crippen molar-refractivity contribution in [2.45, 2.75) is 80.1 Å². The topological polar surface area (TPSA) is 316 Å². The molecule has 3 aliphatic rings. The number of rotatable bonds is 29. The van der Waals surface area contributed by atoms with Crippen molar-refractivity contribution >= 4 is 72.1 Å². The monoisotopic (exact) mass is 1140 g/mol. The van der Waals surface area contributed by atoms with Crippen molar-refractivity contribution in [3.8, 4) is 0 Å². The van der Waals surface area contributed by atoms with Crippen LogP contribution in [0.4, 0.5) is 28.8 Å². The zero-order chi connectivity index (χ0) is 60.7. The van der Waals surface area contributed by atoms with Gasteiger partial charge >= 0.3 is 72.1 Å². The Hall–Kier alpha value is -8.32. The van der Waals surface area contributed by atoms with Crippen LogP contribution in [-0.4, -0.2) is 184 Å². The van der Waals surface area contributed by atoms with Crippen molar-refractivity contribution < 1.29 is 95.4 Å². The summed E-state index contributed by atoms with van der Waals surface area (Å²) in [5.74, 6) is -4.38. The Labute approximate surface area is 470 Å². The van der Waals surface area contributed by atoms with Crippen molar-refractivity contribution in [3.63, 3.8) is 0 Å². The fourth-order valence-electron chi connectivity index (χ4n) is 9.47. The molecule has 0 heterocycles. The first-order valence-corrected chi connectivity index (χ1v) is 26.2. The van der Waals surface area contributed by atoms with Gasteiger partial charge in [-0.3, -0.25) is 0 Å². The minimum absolute atomic E-state index is 0.00653. The van der Waals surface area contributed by atoms with E-state index in [-0.39, 0.29) is 96.6 Å². The minimum Gasteiger partial charge on any atom is -0.460 e. The molecule has 2 bridgehead atoms. The first-order valence-electron chi connectivity index (χ1n) is 26.2. The molecule has 446 valence electrons. The molecule has 3 saturated carbocycles. The predicted molar refractivity (Wildman–Crippen MR) is 286 cm³/mol. The third kappa shape index (κ3) is 20.1. The summed E-state index contributed by atoms with van der Waals surface area (Å²) in [6, 6.07) is -4.57. The highest BCUT2D eigenvalue weighted by molar-refractivity contribution is 6.01. The van der Waals surface area contributed by atoms with Crippen LogP contribution in [0, 0.1) is 29.1 Å². The maximum Gasteiger partial charge on any atom is 0.418 e. The molecule has 81 heavy (non-hydrogen) atoms. The molecule has 0 radical (unpaired) electrons. The standard InChI is InChI=1S/C55H76N6O20/c1-33(2)43(62)74-25-18-56-49(68)58(20-27-76-45(64)35(5)6)51(70)60(22-29-78-47(66)37(9)10)53(72)80-24-16-39-13-14-41-42(39)40-15-17-55(41,31-40)32-81-54(73)61(23-30-79-48(67)38(11)12)52(71)59(21-28-77-46(65)36(7)8)50(69)57-19-26-75-44(63)34(3)4/h39-42H,1,3,5,7,9,11,13-32H2,2,4,6,8,10,12H3,(H,56,68)(H,57,69). The third-order valence-corrected chi connectivity index (χ3v) is 13.4. The van der Waals surface area contributed by atoms with Gasteiger partial charge in [-0.25, -0.2) is 77.1 Å². The van der Waals surface area contributed by atoms with E-state index in [1.165, 1.54) is 41.5 Å². The van der Waals surface area contributed by atoms with Gasteiger partial charge in [0.1, 0.15) is 39.6 Å². The van der Waals surface area contributed by atoms with Gasteiger partial charge in [-0.1, -0.05) is 39.5 Å². The van der Waals surface area contributed by atoms with Crippen molar-refractivity contribution in [1.82, 2.24) is 30.2 Å². The number of amides is 10. The van der Waals surface area contributed by atoms with Crippen molar-refractivity contribution in [2.24, 2.45) is 29.1 Å². The van der Waals surface area contributed by atoms with Crippen molar-refractivity contribution in [1.29, 1.82) is 0 Å². The first kappa shape index (κ1) is 67.0. The summed E-state index contributed by atoms with van der Waals surface area (Å²) in [5.41, 5.74) is -0.150. The smallest absolute Gasteiger partial charge is 0.418 e. The molecular formula is C55H76N6O20. The number of fused-ring (bicyclic) bond motifs is 5. The SMILES string of the molecule is C=C(C)C(=O)OCCNC(=O)N(CCOC(=O)C(=C)C)C(=O)N(CCOC(=O)C(=C)C)C(=O)OCCC1CCC2C1C1CCC2(COC(=O)N(CCOC(=O)C(=C)C)C(=O)N(CCOC(=O)C(=C)C)C(=O)NCCOC(=O)C(=C)C)C1. The normalized spacial score (nSPS) is 18.0. The highest BCUT2D eigenvalue weighted by Crippen LogP contribution is 2.67. The third-order valence-electron chi connectivity index (χ3n) is 13.4. The molecule has 3 aliphatic carbocycles. The number of imide groups is 4. The van der Waals surface area contributed by atoms with Crippen molar-refractivity contribution in [3.05, 3.63) is 72.9 Å².